The Labute approximate surface area is 68.8 Å². The minimum atomic E-state index is -2.83. The van der Waals surface area contributed by atoms with E-state index in [1.807, 2.05) is 0 Å². The SMILES string of the molecule is CO[C@@H]1CS(=O)(=O)C[C@H]1Br. The van der Waals surface area contributed by atoms with Gasteiger partial charge in [-0.3, -0.25) is 0 Å². The minimum absolute atomic E-state index is 0.0255. The van der Waals surface area contributed by atoms with E-state index in [-0.39, 0.29) is 22.4 Å². The van der Waals surface area contributed by atoms with Crippen LogP contribution in [-0.2, 0) is 14.6 Å². The number of ether oxygens (including phenoxy) is 1. The molecule has 0 aliphatic carbocycles. The molecule has 1 rings (SSSR count). The molecule has 10 heavy (non-hydrogen) atoms. The van der Waals surface area contributed by atoms with Gasteiger partial charge in [-0.25, -0.2) is 8.42 Å². The lowest BCUT2D eigenvalue weighted by molar-refractivity contribution is 0.129. The average Bonchev–Trinajstić information content (AvgIpc) is 2.05. The summed E-state index contributed by atoms with van der Waals surface area (Å²) >= 11 is 3.24. The van der Waals surface area contributed by atoms with Crippen LogP contribution < -0.4 is 0 Å². The number of hydrogen-bond acceptors (Lipinski definition) is 3. The van der Waals surface area contributed by atoms with Gasteiger partial charge >= 0.3 is 0 Å². The summed E-state index contributed by atoms with van der Waals surface area (Å²) in [7, 11) is -1.30. The normalized spacial score (nSPS) is 38.2. The van der Waals surface area contributed by atoms with Gasteiger partial charge in [0.25, 0.3) is 0 Å². The monoisotopic (exact) mass is 228 g/mol. The summed E-state index contributed by atoms with van der Waals surface area (Å²) in [6.45, 7) is 0. The van der Waals surface area contributed by atoms with E-state index in [9.17, 15) is 8.42 Å². The smallest absolute Gasteiger partial charge is 0.154 e. The summed E-state index contributed by atoms with van der Waals surface area (Å²) < 4.78 is 26.7. The molecule has 0 unspecified atom stereocenters. The maximum Gasteiger partial charge on any atom is 0.154 e. The fourth-order valence-electron chi connectivity index (χ4n) is 0.988. The summed E-state index contributed by atoms with van der Waals surface area (Å²) in [6.07, 6.45) is -0.162. The van der Waals surface area contributed by atoms with Crippen molar-refractivity contribution in [1.82, 2.24) is 0 Å². The van der Waals surface area contributed by atoms with E-state index in [0.29, 0.717) is 0 Å². The Bertz CT molecular complexity index is 211. The molecule has 3 nitrogen and oxygen atoms in total. The van der Waals surface area contributed by atoms with E-state index in [4.69, 9.17) is 4.74 Å². The van der Waals surface area contributed by atoms with Crippen LogP contribution in [0.3, 0.4) is 0 Å². The summed E-state index contributed by atoms with van der Waals surface area (Å²) in [4.78, 5) is -0.0255. The first kappa shape index (κ1) is 8.49. The predicted molar refractivity (Wildman–Crippen MR) is 42.2 cm³/mol. The fourth-order valence-corrected chi connectivity index (χ4v) is 4.55. The van der Waals surface area contributed by atoms with Crippen LogP contribution in [0.15, 0.2) is 0 Å². The Morgan fingerprint density at radius 1 is 1.50 bits per heavy atom. The number of alkyl halides is 1. The quantitative estimate of drug-likeness (QED) is 0.603. The molecule has 1 fully saturated rings. The number of halogens is 1. The third-order valence-corrected chi connectivity index (χ3v) is 4.58. The minimum Gasteiger partial charge on any atom is -0.379 e. The Hall–Kier alpha value is 0.390. The Balaban J connectivity index is 2.71. The zero-order chi connectivity index (χ0) is 7.78. The highest BCUT2D eigenvalue weighted by molar-refractivity contribution is 9.09. The maximum absolute atomic E-state index is 10.9. The molecule has 0 radical (unpaired) electrons. The molecule has 0 aromatic heterocycles. The van der Waals surface area contributed by atoms with Gasteiger partial charge in [0.15, 0.2) is 9.84 Å². The number of methoxy groups -OCH3 is 1. The Morgan fingerprint density at radius 2 is 2.10 bits per heavy atom. The molecule has 1 aliphatic rings. The topological polar surface area (TPSA) is 43.4 Å². The second-order valence-electron chi connectivity index (χ2n) is 2.37. The predicted octanol–water partition coefficient (Wildman–Crippen LogP) is 0.193. The van der Waals surface area contributed by atoms with Gasteiger partial charge in [-0.15, -0.1) is 0 Å². The van der Waals surface area contributed by atoms with Gasteiger partial charge in [-0.05, 0) is 0 Å². The number of rotatable bonds is 1. The van der Waals surface area contributed by atoms with Gasteiger partial charge in [0.1, 0.15) is 0 Å². The summed E-state index contributed by atoms with van der Waals surface area (Å²) in [5.74, 6) is 0.352. The van der Waals surface area contributed by atoms with E-state index >= 15 is 0 Å². The van der Waals surface area contributed by atoms with Crippen LogP contribution in [0.25, 0.3) is 0 Å². The molecule has 0 bridgehead atoms. The van der Waals surface area contributed by atoms with E-state index < -0.39 is 9.84 Å². The third-order valence-electron chi connectivity index (χ3n) is 1.54. The van der Waals surface area contributed by atoms with Crippen LogP contribution >= 0.6 is 15.9 Å². The first-order chi connectivity index (χ1) is 4.55. The molecule has 0 N–H and O–H groups in total. The van der Waals surface area contributed by atoms with Gasteiger partial charge in [-0.2, -0.15) is 0 Å². The van der Waals surface area contributed by atoms with Crippen LogP contribution in [0.2, 0.25) is 0 Å². The van der Waals surface area contributed by atoms with E-state index in [1.165, 1.54) is 7.11 Å². The van der Waals surface area contributed by atoms with Crippen molar-refractivity contribution in [2.45, 2.75) is 10.9 Å². The molecule has 0 amide bonds. The van der Waals surface area contributed by atoms with Gasteiger partial charge < -0.3 is 4.74 Å². The molecule has 0 aromatic rings. The number of sulfone groups is 1. The lowest BCUT2D eigenvalue weighted by atomic mass is 10.3. The van der Waals surface area contributed by atoms with Crippen LogP contribution in [-0.4, -0.2) is 38.0 Å². The number of hydrogen-bond donors (Lipinski definition) is 0. The highest BCUT2D eigenvalue weighted by Crippen LogP contribution is 2.21. The van der Waals surface area contributed by atoms with Crippen molar-refractivity contribution in [3.63, 3.8) is 0 Å². The molecule has 2 atom stereocenters. The fraction of sp³-hybridized carbons (Fsp3) is 1.00. The van der Waals surface area contributed by atoms with Crippen LogP contribution in [0, 0.1) is 0 Å². The first-order valence-electron chi connectivity index (χ1n) is 2.92. The van der Waals surface area contributed by atoms with Crippen molar-refractivity contribution in [3.8, 4) is 0 Å². The second-order valence-corrected chi connectivity index (χ2v) is 5.70. The third kappa shape index (κ3) is 1.71. The lowest BCUT2D eigenvalue weighted by Crippen LogP contribution is -2.19. The van der Waals surface area contributed by atoms with Crippen LogP contribution in [0.1, 0.15) is 0 Å². The van der Waals surface area contributed by atoms with Crippen molar-refractivity contribution in [2.75, 3.05) is 18.6 Å². The molecular weight excluding hydrogens is 220 g/mol. The molecule has 1 heterocycles. The van der Waals surface area contributed by atoms with Gasteiger partial charge in [0.05, 0.1) is 22.4 Å². The second kappa shape index (κ2) is 2.79. The van der Waals surface area contributed by atoms with Crippen molar-refractivity contribution >= 4 is 25.8 Å². The molecule has 0 aromatic carbocycles. The standard InChI is InChI=1S/C5H9BrO3S/c1-9-5-3-10(7,8)2-4(5)6/h4-5H,2-3H2,1H3/t4-,5-/m1/s1. The molecule has 5 heteroatoms. The lowest BCUT2D eigenvalue weighted by Gasteiger charge is -2.07. The van der Waals surface area contributed by atoms with Gasteiger partial charge in [0.2, 0.25) is 0 Å². The average molecular weight is 229 g/mol. The highest BCUT2D eigenvalue weighted by Gasteiger charge is 2.35. The van der Waals surface area contributed by atoms with Crippen molar-refractivity contribution in [1.29, 1.82) is 0 Å². The molecule has 1 saturated heterocycles. The molecule has 60 valence electrons. The van der Waals surface area contributed by atoms with Crippen LogP contribution in [0.5, 0.6) is 0 Å². The first-order valence-corrected chi connectivity index (χ1v) is 5.66. The van der Waals surface area contributed by atoms with E-state index in [0.717, 1.165) is 0 Å². The summed E-state index contributed by atoms with van der Waals surface area (Å²) in [5.41, 5.74) is 0. The van der Waals surface area contributed by atoms with Gasteiger partial charge in [-0.1, -0.05) is 15.9 Å². The van der Waals surface area contributed by atoms with E-state index in [1.54, 1.807) is 0 Å². The summed E-state index contributed by atoms with van der Waals surface area (Å²) in [5, 5.41) is 0. The molecule has 1 aliphatic heterocycles. The largest absolute Gasteiger partial charge is 0.379 e. The molecular formula is C5H9BrO3S. The highest BCUT2D eigenvalue weighted by atomic mass is 79.9. The van der Waals surface area contributed by atoms with Gasteiger partial charge in [0, 0.05) is 7.11 Å². The van der Waals surface area contributed by atoms with Crippen molar-refractivity contribution in [3.05, 3.63) is 0 Å². The molecule has 0 spiro atoms. The van der Waals surface area contributed by atoms with Crippen molar-refractivity contribution in [2.24, 2.45) is 0 Å². The Kier molecular flexibility index (Phi) is 2.37. The summed E-state index contributed by atoms with van der Waals surface area (Å²) in [6, 6.07) is 0. The zero-order valence-electron chi connectivity index (χ0n) is 5.58. The zero-order valence-corrected chi connectivity index (χ0v) is 7.98. The Morgan fingerprint density at radius 3 is 2.30 bits per heavy atom. The van der Waals surface area contributed by atoms with E-state index in [2.05, 4.69) is 15.9 Å². The van der Waals surface area contributed by atoms with Crippen molar-refractivity contribution < 1.29 is 13.2 Å². The maximum atomic E-state index is 10.9. The van der Waals surface area contributed by atoms with Crippen LogP contribution in [0.4, 0.5) is 0 Å². The molecule has 0 saturated carbocycles.